The highest BCUT2D eigenvalue weighted by Crippen LogP contribution is 2.55. The molecule has 0 radical (unpaired) electrons. The van der Waals surface area contributed by atoms with Gasteiger partial charge in [0.15, 0.2) is 5.82 Å². The molecule has 0 N–H and O–H groups in total. The van der Waals surface area contributed by atoms with Crippen LogP contribution in [0.1, 0.15) is 44.3 Å². The third kappa shape index (κ3) is 1.47. The smallest absolute Gasteiger partial charge is 0.242 e. The van der Waals surface area contributed by atoms with Crippen LogP contribution in [0.15, 0.2) is 4.52 Å². The fourth-order valence-electron chi connectivity index (χ4n) is 1.27. The molecule has 0 bridgehead atoms. The Bertz CT molecular complexity index is 304. The summed E-state index contributed by atoms with van der Waals surface area (Å²) in [5.41, 5.74) is 0. The molecule has 0 unspecified atom stereocenters. The highest BCUT2D eigenvalue weighted by atomic mass is 32.2. The van der Waals surface area contributed by atoms with E-state index in [1.807, 2.05) is 11.8 Å². The molecule has 1 aliphatic rings. The van der Waals surface area contributed by atoms with Crippen LogP contribution in [0, 0.1) is 0 Å². The molecule has 0 aliphatic heterocycles. The number of nitrogens with zero attached hydrogens (tertiary/aromatic N) is 2. The monoisotopic (exact) mass is 198 g/mol. The lowest BCUT2D eigenvalue weighted by Crippen LogP contribution is -2.00. The van der Waals surface area contributed by atoms with Gasteiger partial charge in [-0.1, -0.05) is 19.0 Å². The second-order valence-corrected chi connectivity index (χ2v) is 5.00. The summed E-state index contributed by atoms with van der Waals surface area (Å²) in [6.45, 7) is 4.15. The summed E-state index contributed by atoms with van der Waals surface area (Å²) in [5, 5.41) is 3.97. The van der Waals surface area contributed by atoms with Crippen LogP contribution in [-0.4, -0.2) is 16.4 Å². The molecule has 0 amide bonds. The van der Waals surface area contributed by atoms with Crippen LogP contribution in [0.4, 0.5) is 0 Å². The summed E-state index contributed by atoms with van der Waals surface area (Å²) < 4.78 is 5.43. The van der Waals surface area contributed by atoms with Gasteiger partial charge in [0.1, 0.15) is 0 Å². The maximum Gasteiger partial charge on any atom is 0.242 e. The van der Waals surface area contributed by atoms with E-state index in [0.29, 0.717) is 5.92 Å². The van der Waals surface area contributed by atoms with Gasteiger partial charge < -0.3 is 4.52 Å². The van der Waals surface area contributed by atoms with Gasteiger partial charge in [-0.15, -0.1) is 11.8 Å². The minimum absolute atomic E-state index is 0.167. The van der Waals surface area contributed by atoms with E-state index in [2.05, 4.69) is 30.2 Å². The largest absolute Gasteiger partial charge is 0.338 e. The van der Waals surface area contributed by atoms with Crippen molar-refractivity contribution in [2.75, 3.05) is 6.26 Å². The van der Waals surface area contributed by atoms with Gasteiger partial charge >= 0.3 is 0 Å². The third-order valence-electron chi connectivity index (χ3n) is 2.44. The standard InChI is InChI=1S/C9H14N2OS/c1-6(2)7-10-8(12-11-7)9(13-3)4-5-9/h6H,4-5H2,1-3H3. The molecule has 0 saturated heterocycles. The summed E-state index contributed by atoms with van der Waals surface area (Å²) in [5.74, 6) is 2.01. The number of rotatable bonds is 3. The lowest BCUT2D eigenvalue weighted by atomic mass is 10.2. The molecule has 1 fully saturated rings. The molecule has 1 aromatic heterocycles. The number of hydrogen-bond donors (Lipinski definition) is 0. The first-order valence-electron chi connectivity index (χ1n) is 4.57. The minimum Gasteiger partial charge on any atom is -0.338 e. The minimum atomic E-state index is 0.167. The normalized spacial score (nSPS) is 19.4. The van der Waals surface area contributed by atoms with Crippen molar-refractivity contribution < 1.29 is 4.52 Å². The average Bonchev–Trinajstić information content (AvgIpc) is 2.75. The van der Waals surface area contributed by atoms with Crippen LogP contribution in [-0.2, 0) is 4.75 Å². The van der Waals surface area contributed by atoms with E-state index in [4.69, 9.17) is 4.52 Å². The van der Waals surface area contributed by atoms with Crippen LogP contribution in [0.25, 0.3) is 0 Å². The third-order valence-corrected chi connectivity index (χ3v) is 3.81. The summed E-state index contributed by atoms with van der Waals surface area (Å²) in [7, 11) is 0. The molecule has 3 nitrogen and oxygen atoms in total. The molecule has 72 valence electrons. The van der Waals surface area contributed by atoms with Gasteiger partial charge in [-0.25, -0.2) is 0 Å². The summed E-state index contributed by atoms with van der Waals surface area (Å²) in [6.07, 6.45) is 4.45. The van der Waals surface area contributed by atoms with Gasteiger partial charge in [-0.3, -0.25) is 0 Å². The molecule has 1 saturated carbocycles. The SMILES string of the molecule is CSC1(c2nc(C(C)C)no2)CC1. The van der Waals surface area contributed by atoms with Crippen molar-refractivity contribution in [3.8, 4) is 0 Å². The Labute approximate surface area is 82.3 Å². The quantitative estimate of drug-likeness (QED) is 0.748. The van der Waals surface area contributed by atoms with E-state index in [1.54, 1.807) is 0 Å². The highest BCUT2D eigenvalue weighted by Gasteiger charge is 2.49. The molecule has 0 aromatic carbocycles. The zero-order valence-electron chi connectivity index (χ0n) is 8.20. The van der Waals surface area contributed by atoms with Gasteiger partial charge in [0, 0.05) is 5.92 Å². The van der Waals surface area contributed by atoms with Crippen LogP contribution in [0.3, 0.4) is 0 Å². The molecule has 1 heterocycles. The maximum atomic E-state index is 5.26. The fraction of sp³-hybridized carbons (Fsp3) is 0.778. The zero-order valence-corrected chi connectivity index (χ0v) is 9.02. The van der Waals surface area contributed by atoms with Crippen molar-refractivity contribution in [3.05, 3.63) is 11.7 Å². The predicted molar refractivity (Wildman–Crippen MR) is 52.8 cm³/mol. The van der Waals surface area contributed by atoms with Crippen molar-refractivity contribution in [1.82, 2.24) is 10.1 Å². The van der Waals surface area contributed by atoms with Crippen LogP contribution < -0.4 is 0 Å². The van der Waals surface area contributed by atoms with Crippen molar-refractivity contribution in [2.24, 2.45) is 0 Å². The fourth-order valence-corrected chi connectivity index (χ4v) is 2.04. The Balaban J connectivity index is 2.23. The molecule has 1 aliphatic carbocycles. The van der Waals surface area contributed by atoms with Crippen LogP contribution >= 0.6 is 11.8 Å². The van der Waals surface area contributed by atoms with E-state index < -0.39 is 0 Å². The van der Waals surface area contributed by atoms with Crippen molar-refractivity contribution >= 4 is 11.8 Å². The molecular weight excluding hydrogens is 184 g/mol. The molecule has 0 spiro atoms. The zero-order chi connectivity index (χ0) is 9.47. The highest BCUT2D eigenvalue weighted by molar-refractivity contribution is 7.99. The molecule has 2 rings (SSSR count). The van der Waals surface area contributed by atoms with E-state index in [0.717, 1.165) is 11.7 Å². The lowest BCUT2D eigenvalue weighted by molar-refractivity contribution is 0.366. The van der Waals surface area contributed by atoms with Gasteiger partial charge in [-0.2, -0.15) is 4.98 Å². The summed E-state index contributed by atoms with van der Waals surface area (Å²) in [4.78, 5) is 4.42. The molecule has 4 heteroatoms. The molecule has 1 aromatic rings. The lowest BCUT2D eigenvalue weighted by Gasteiger charge is -2.03. The first kappa shape index (κ1) is 9.06. The topological polar surface area (TPSA) is 38.9 Å². The second-order valence-electron chi connectivity index (χ2n) is 3.81. The summed E-state index contributed by atoms with van der Waals surface area (Å²) in [6, 6.07) is 0. The van der Waals surface area contributed by atoms with E-state index in [1.165, 1.54) is 12.8 Å². The Hall–Kier alpha value is -0.510. The van der Waals surface area contributed by atoms with Crippen molar-refractivity contribution in [3.63, 3.8) is 0 Å². The van der Waals surface area contributed by atoms with E-state index >= 15 is 0 Å². The van der Waals surface area contributed by atoms with Gasteiger partial charge in [0.25, 0.3) is 0 Å². The molecule has 13 heavy (non-hydrogen) atoms. The van der Waals surface area contributed by atoms with Gasteiger partial charge in [0.05, 0.1) is 4.75 Å². The number of hydrogen-bond acceptors (Lipinski definition) is 4. The van der Waals surface area contributed by atoms with Gasteiger partial charge in [-0.05, 0) is 19.1 Å². The first-order valence-corrected chi connectivity index (χ1v) is 5.80. The second kappa shape index (κ2) is 3.01. The molecular formula is C9H14N2OS. The van der Waals surface area contributed by atoms with Crippen molar-refractivity contribution in [1.29, 1.82) is 0 Å². The number of thioether (sulfide) groups is 1. The number of aromatic nitrogens is 2. The Morgan fingerprint density at radius 3 is 2.54 bits per heavy atom. The predicted octanol–water partition coefficient (Wildman–Crippen LogP) is 2.55. The Kier molecular flexibility index (Phi) is 2.10. The van der Waals surface area contributed by atoms with Gasteiger partial charge in [0.2, 0.25) is 5.89 Å². The maximum absolute atomic E-state index is 5.26. The Morgan fingerprint density at radius 2 is 2.15 bits per heavy atom. The Morgan fingerprint density at radius 1 is 1.46 bits per heavy atom. The van der Waals surface area contributed by atoms with Crippen molar-refractivity contribution in [2.45, 2.75) is 37.4 Å². The first-order chi connectivity index (χ1) is 6.18. The van der Waals surface area contributed by atoms with E-state index in [9.17, 15) is 0 Å². The molecule has 0 atom stereocenters. The summed E-state index contributed by atoms with van der Waals surface area (Å²) >= 11 is 1.82. The average molecular weight is 198 g/mol. The van der Waals surface area contributed by atoms with E-state index in [-0.39, 0.29) is 4.75 Å². The van der Waals surface area contributed by atoms with Crippen LogP contribution in [0.5, 0.6) is 0 Å². The van der Waals surface area contributed by atoms with Crippen LogP contribution in [0.2, 0.25) is 0 Å².